The minimum Gasteiger partial charge on any atom is -0.343 e. The first-order valence-corrected chi connectivity index (χ1v) is 4.49. The molecule has 1 aliphatic heterocycles. The molecule has 1 aliphatic carbocycles. The summed E-state index contributed by atoms with van der Waals surface area (Å²) < 4.78 is 0. The van der Waals surface area contributed by atoms with Gasteiger partial charge in [-0.1, -0.05) is 0 Å². The van der Waals surface area contributed by atoms with E-state index in [0.29, 0.717) is 6.54 Å². The summed E-state index contributed by atoms with van der Waals surface area (Å²) in [4.78, 5) is 22.5. The summed E-state index contributed by atoms with van der Waals surface area (Å²) in [5, 5.41) is 4.41. The zero-order valence-electron chi connectivity index (χ0n) is 7.54. The van der Waals surface area contributed by atoms with Gasteiger partial charge in [-0.05, 0) is 12.8 Å². The number of hydrogen-bond acceptors (Lipinski definition) is 3. The molecule has 2 rings (SSSR count). The average Bonchev–Trinajstić information content (AvgIpc) is 2.81. The third-order valence-corrected chi connectivity index (χ3v) is 2.34. The molecule has 0 bridgehead atoms. The molecule has 1 unspecified atom stereocenters. The van der Waals surface area contributed by atoms with E-state index in [-0.39, 0.29) is 23.8 Å². The lowest BCUT2D eigenvalue weighted by Gasteiger charge is -2.08. The Morgan fingerprint density at radius 2 is 2.31 bits per heavy atom. The van der Waals surface area contributed by atoms with Gasteiger partial charge in [0.05, 0.1) is 0 Å². The van der Waals surface area contributed by atoms with E-state index in [1.165, 1.54) is 0 Å². The van der Waals surface area contributed by atoms with Crippen LogP contribution in [0.3, 0.4) is 0 Å². The minimum absolute atomic E-state index is 0.0236. The number of nitrogens with one attached hydrogen (secondary N) is 2. The Kier molecular flexibility index (Phi) is 1.95. The van der Waals surface area contributed by atoms with Gasteiger partial charge in [0.15, 0.2) is 0 Å². The second-order valence-corrected chi connectivity index (χ2v) is 3.69. The van der Waals surface area contributed by atoms with Crippen molar-refractivity contribution in [1.82, 2.24) is 15.8 Å². The minimum atomic E-state index is -0.363. The Bertz CT molecular complexity index is 250. The third kappa shape index (κ3) is 1.80. The molecule has 2 N–H and O–H groups in total. The molecule has 2 amide bonds. The molecule has 0 aromatic heterocycles. The lowest BCUT2D eigenvalue weighted by atomic mass is 10.2. The van der Waals surface area contributed by atoms with Crippen LogP contribution in [0, 0.1) is 5.92 Å². The highest BCUT2D eigenvalue weighted by Crippen LogP contribution is 2.28. The molecule has 0 spiro atoms. The monoisotopic (exact) mass is 183 g/mol. The highest BCUT2D eigenvalue weighted by Gasteiger charge is 2.35. The summed E-state index contributed by atoms with van der Waals surface area (Å²) in [6.45, 7) is 0.553. The summed E-state index contributed by atoms with van der Waals surface area (Å²) in [6.07, 6.45) is 1.94. The van der Waals surface area contributed by atoms with Gasteiger partial charge in [0.2, 0.25) is 5.91 Å². The molecule has 13 heavy (non-hydrogen) atoms. The van der Waals surface area contributed by atoms with E-state index in [0.717, 1.165) is 12.8 Å². The summed E-state index contributed by atoms with van der Waals surface area (Å²) in [5.74, 6) is 0.0747. The van der Waals surface area contributed by atoms with E-state index in [4.69, 9.17) is 0 Å². The molecule has 5 nitrogen and oxygen atoms in total. The van der Waals surface area contributed by atoms with Crippen molar-refractivity contribution in [3.63, 3.8) is 0 Å². The number of nitrogens with zero attached hydrogens (tertiary/aromatic N) is 1. The molecule has 1 saturated carbocycles. The van der Waals surface area contributed by atoms with Gasteiger partial charge in [-0.3, -0.25) is 15.0 Å². The molecular weight excluding hydrogens is 170 g/mol. The number of carbonyl (C=O) groups excluding carboxylic acids is 2. The van der Waals surface area contributed by atoms with E-state index < -0.39 is 0 Å². The van der Waals surface area contributed by atoms with Crippen molar-refractivity contribution < 1.29 is 9.59 Å². The highest BCUT2D eigenvalue weighted by molar-refractivity contribution is 5.90. The van der Waals surface area contributed by atoms with Gasteiger partial charge >= 0.3 is 0 Å². The molecule has 1 heterocycles. The van der Waals surface area contributed by atoms with Crippen molar-refractivity contribution in [3.05, 3.63) is 0 Å². The van der Waals surface area contributed by atoms with Gasteiger partial charge in [-0.2, -0.15) is 0 Å². The SMILES string of the molecule is CN1CC(NC(=O)C2CC2)C(=O)N1. The molecule has 2 fully saturated rings. The molecule has 5 heteroatoms. The first-order chi connectivity index (χ1) is 6.16. The fraction of sp³-hybridized carbons (Fsp3) is 0.750. The third-order valence-electron chi connectivity index (χ3n) is 2.34. The Balaban J connectivity index is 1.86. The van der Waals surface area contributed by atoms with Gasteiger partial charge in [0, 0.05) is 19.5 Å². The van der Waals surface area contributed by atoms with Crippen molar-refractivity contribution in [2.45, 2.75) is 18.9 Å². The first kappa shape index (κ1) is 8.50. The van der Waals surface area contributed by atoms with Gasteiger partial charge < -0.3 is 5.32 Å². The predicted molar refractivity (Wildman–Crippen MR) is 45.4 cm³/mol. The summed E-state index contributed by atoms with van der Waals surface area (Å²) >= 11 is 0. The van der Waals surface area contributed by atoms with Crippen LogP contribution in [0.4, 0.5) is 0 Å². The largest absolute Gasteiger partial charge is 0.343 e. The average molecular weight is 183 g/mol. The van der Waals surface area contributed by atoms with Crippen LogP contribution in [0.1, 0.15) is 12.8 Å². The first-order valence-electron chi connectivity index (χ1n) is 4.49. The van der Waals surface area contributed by atoms with Gasteiger partial charge in [-0.25, -0.2) is 5.01 Å². The molecule has 2 aliphatic rings. The maximum Gasteiger partial charge on any atom is 0.258 e. The molecule has 1 atom stereocenters. The van der Waals surface area contributed by atoms with E-state index in [9.17, 15) is 9.59 Å². The maximum absolute atomic E-state index is 11.3. The molecule has 0 aromatic carbocycles. The fourth-order valence-electron chi connectivity index (χ4n) is 1.41. The van der Waals surface area contributed by atoms with E-state index in [2.05, 4.69) is 10.7 Å². The van der Waals surface area contributed by atoms with Crippen molar-refractivity contribution in [2.24, 2.45) is 5.92 Å². The van der Waals surface area contributed by atoms with Crippen molar-refractivity contribution in [3.8, 4) is 0 Å². The number of likely N-dealkylation sites (N-methyl/N-ethyl adjacent to an activating group) is 1. The summed E-state index contributed by atoms with van der Waals surface area (Å²) in [6, 6.07) is -0.363. The smallest absolute Gasteiger partial charge is 0.258 e. The van der Waals surface area contributed by atoms with E-state index in [1.807, 2.05) is 0 Å². The Labute approximate surface area is 76.4 Å². The molecule has 0 aromatic rings. The number of carbonyl (C=O) groups is 2. The van der Waals surface area contributed by atoms with Crippen LogP contribution in [0.25, 0.3) is 0 Å². The standard InChI is InChI=1S/C8H13N3O2/c1-11-4-6(8(13)10-11)9-7(12)5-2-3-5/h5-6H,2-4H2,1H3,(H,9,12)(H,10,13). The van der Waals surface area contributed by atoms with Crippen LogP contribution in [0.5, 0.6) is 0 Å². The van der Waals surface area contributed by atoms with Crippen LogP contribution in [-0.2, 0) is 9.59 Å². The van der Waals surface area contributed by atoms with E-state index in [1.54, 1.807) is 12.1 Å². The second kappa shape index (κ2) is 2.99. The number of hydrazine groups is 1. The summed E-state index contributed by atoms with van der Waals surface area (Å²) in [5.41, 5.74) is 2.61. The number of rotatable bonds is 2. The second-order valence-electron chi connectivity index (χ2n) is 3.69. The summed E-state index contributed by atoms with van der Waals surface area (Å²) in [7, 11) is 1.78. The van der Waals surface area contributed by atoms with E-state index >= 15 is 0 Å². The van der Waals surface area contributed by atoms with Crippen molar-refractivity contribution in [2.75, 3.05) is 13.6 Å². The fourth-order valence-corrected chi connectivity index (χ4v) is 1.41. The van der Waals surface area contributed by atoms with Crippen molar-refractivity contribution in [1.29, 1.82) is 0 Å². The molecule has 0 radical (unpaired) electrons. The Morgan fingerprint density at radius 1 is 1.62 bits per heavy atom. The Hall–Kier alpha value is -1.10. The van der Waals surface area contributed by atoms with Crippen LogP contribution >= 0.6 is 0 Å². The quantitative estimate of drug-likeness (QED) is 0.568. The predicted octanol–water partition coefficient (Wildman–Crippen LogP) is -1.14. The zero-order chi connectivity index (χ0) is 9.42. The van der Waals surface area contributed by atoms with Crippen LogP contribution in [0.15, 0.2) is 0 Å². The lowest BCUT2D eigenvalue weighted by Crippen LogP contribution is -2.42. The number of hydrogen-bond donors (Lipinski definition) is 2. The van der Waals surface area contributed by atoms with Gasteiger partial charge in [-0.15, -0.1) is 0 Å². The van der Waals surface area contributed by atoms with Crippen molar-refractivity contribution >= 4 is 11.8 Å². The lowest BCUT2D eigenvalue weighted by molar-refractivity contribution is -0.128. The zero-order valence-corrected chi connectivity index (χ0v) is 7.54. The molecule has 72 valence electrons. The highest BCUT2D eigenvalue weighted by atomic mass is 16.2. The maximum atomic E-state index is 11.3. The van der Waals surface area contributed by atoms with Gasteiger partial charge in [0.25, 0.3) is 5.91 Å². The topological polar surface area (TPSA) is 61.4 Å². The number of amides is 2. The van der Waals surface area contributed by atoms with Crippen LogP contribution in [-0.4, -0.2) is 36.5 Å². The molecule has 1 saturated heterocycles. The normalized spacial score (nSPS) is 28.7. The van der Waals surface area contributed by atoms with Crippen LogP contribution < -0.4 is 10.7 Å². The van der Waals surface area contributed by atoms with Crippen LogP contribution in [0.2, 0.25) is 0 Å². The van der Waals surface area contributed by atoms with Gasteiger partial charge in [0.1, 0.15) is 6.04 Å². The Morgan fingerprint density at radius 3 is 2.77 bits per heavy atom. The molecular formula is C8H13N3O2.